The molecule has 0 N–H and O–H groups in total. The van der Waals surface area contributed by atoms with Gasteiger partial charge in [-0.1, -0.05) is 25.5 Å². The summed E-state index contributed by atoms with van der Waals surface area (Å²) in [4.78, 5) is 29.1. The topological polar surface area (TPSA) is 78.0 Å². The zero-order valence-electron chi connectivity index (χ0n) is 15.5. The Hall–Kier alpha value is -1.80. The SMILES string of the molecule is CCC[C@H]1C(=O)N(S(C)(=O)=O)[C@H]2CCN(C(=O)CN3C=CC=CC=C3)[C@H]12.Cl. The minimum absolute atomic E-state index is 0. The highest BCUT2D eigenvalue weighted by Gasteiger charge is 2.57. The molecule has 0 bridgehead atoms. The monoisotopic (exact) mass is 415 g/mol. The Balaban J connectivity index is 0.00000261. The van der Waals surface area contributed by atoms with Gasteiger partial charge in [-0.05, 0) is 25.0 Å². The van der Waals surface area contributed by atoms with E-state index < -0.39 is 22.0 Å². The number of rotatable bonds is 5. The van der Waals surface area contributed by atoms with Crippen molar-refractivity contribution in [2.45, 2.75) is 38.3 Å². The molecule has 7 nitrogen and oxygen atoms in total. The second-order valence-electron chi connectivity index (χ2n) is 6.97. The Labute approximate surface area is 166 Å². The number of carbonyl (C=O) groups is 2. The third-order valence-electron chi connectivity index (χ3n) is 5.15. The van der Waals surface area contributed by atoms with Gasteiger partial charge in [0.25, 0.3) is 0 Å². The maximum absolute atomic E-state index is 12.9. The lowest BCUT2D eigenvalue weighted by Gasteiger charge is -2.29. The third-order valence-corrected chi connectivity index (χ3v) is 6.32. The van der Waals surface area contributed by atoms with Gasteiger partial charge in [-0.2, -0.15) is 0 Å². The number of carbonyl (C=O) groups excluding carboxylic acids is 2. The number of amides is 2. The first kappa shape index (κ1) is 21.5. The van der Waals surface area contributed by atoms with Crippen LogP contribution in [0, 0.1) is 5.92 Å². The predicted octanol–water partition coefficient (Wildman–Crippen LogP) is 1.50. The summed E-state index contributed by atoms with van der Waals surface area (Å²) in [7, 11) is -3.63. The summed E-state index contributed by atoms with van der Waals surface area (Å²) in [5.41, 5.74) is 0. The van der Waals surface area contributed by atoms with E-state index in [1.54, 1.807) is 9.80 Å². The van der Waals surface area contributed by atoms with Crippen molar-refractivity contribution in [1.82, 2.24) is 14.1 Å². The second-order valence-corrected chi connectivity index (χ2v) is 8.83. The maximum Gasteiger partial charge on any atom is 0.242 e. The molecule has 3 aliphatic rings. The summed E-state index contributed by atoms with van der Waals surface area (Å²) in [5.74, 6) is -0.887. The Morgan fingerprint density at radius 2 is 1.81 bits per heavy atom. The number of hydrogen-bond donors (Lipinski definition) is 0. The van der Waals surface area contributed by atoms with Crippen LogP contribution in [0.1, 0.15) is 26.2 Å². The minimum Gasteiger partial charge on any atom is -0.345 e. The van der Waals surface area contributed by atoms with Gasteiger partial charge in [-0.3, -0.25) is 9.59 Å². The lowest BCUT2D eigenvalue weighted by atomic mass is 9.94. The van der Waals surface area contributed by atoms with Crippen molar-refractivity contribution in [3.8, 4) is 0 Å². The largest absolute Gasteiger partial charge is 0.345 e. The Kier molecular flexibility index (Phi) is 6.75. The molecule has 150 valence electrons. The molecule has 0 radical (unpaired) electrons. The average Bonchev–Trinajstić information content (AvgIpc) is 2.96. The van der Waals surface area contributed by atoms with Gasteiger partial charge in [0.15, 0.2) is 0 Å². The lowest BCUT2D eigenvalue weighted by molar-refractivity contribution is -0.134. The Morgan fingerprint density at radius 3 is 2.37 bits per heavy atom. The number of likely N-dealkylation sites (tertiary alicyclic amines) is 1. The van der Waals surface area contributed by atoms with Gasteiger partial charge in [-0.25, -0.2) is 12.7 Å². The van der Waals surface area contributed by atoms with Gasteiger partial charge in [0.2, 0.25) is 21.8 Å². The standard InChI is InChI=1S/C18H25N3O4S.ClH/c1-3-8-14-17-15(21(18(14)23)26(2,24)25)9-12-20(17)16(22)13-19-10-6-4-5-7-11-19;/h4-7,10-11,14-15,17H,3,8-9,12-13H2,1-2H3;1H/t14-,15+,17-;/m1./s1. The third kappa shape index (κ3) is 4.21. The van der Waals surface area contributed by atoms with Crippen LogP contribution in [-0.4, -0.2) is 65.8 Å². The van der Waals surface area contributed by atoms with Crippen LogP contribution in [0.3, 0.4) is 0 Å². The smallest absolute Gasteiger partial charge is 0.242 e. The highest BCUT2D eigenvalue weighted by atomic mass is 35.5. The van der Waals surface area contributed by atoms with Gasteiger partial charge in [0.05, 0.1) is 24.3 Å². The summed E-state index contributed by atoms with van der Waals surface area (Å²) in [5, 5.41) is 0. The highest BCUT2D eigenvalue weighted by Crippen LogP contribution is 2.40. The van der Waals surface area contributed by atoms with Gasteiger partial charge >= 0.3 is 0 Å². The van der Waals surface area contributed by atoms with Crippen LogP contribution < -0.4 is 0 Å². The van der Waals surface area contributed by atoms with E-state index in [0.717, 1.165) is 17.0 Å². The van der Waals surface area contributed by atoms with Crippen molar-refractivity contribution in [2.24, 2.45) is 5.92 Å². The Morgan fingerprint density at radius 1 is 1.19 bits per heavy atom. The number of fused-ring (bicyclic) bond motifs is 1. The van der Waals surface area contributed by atoms with Crippen LogP contribution in [0.5, 0.6) is 0 Å². The number of sulfonamides is 1. The first-order chi connectivity index (χ1) is 12.3. The molecular weight excluding hydrogens is 390 g/mol. The van der Waals surface area contributed by atoms with Gasteiger partial charge < -0.3 is 9.80 Å². The van der Waals surface area contributed by atoms with Gasteiger partial charge in [-0.15, -0.1) is 12.4 Å². The second kappa shape index (κ2) is 8.48. The minimum atomic E-state index is -3.63. The molecule has 0 aliphatic carbocycles. The van der Waals surface area contributed by atoms with Crippen molar-refractivity contribution >= 4 is 34.2 Å². The van der Waals surface area contributed by atoms with Crippen LogP contribution in [0.15, 0.2) is 36.7 Å². The fourth-order valence-corrected chi connectivity index (χ4v) is 5.35. The van der Waals surface area contributed by atoms with E-state index in [-0.39, 0.29) is 36.8 Å². The van der Waals surface area contributed by atoms with Crippen LogP contribution in [0.2, 0.25) is 0 Å². The van der Waals surface area contributed by atoms with Crippen LogP contribution in [0.25, 0.3) is 0 Å². The molecule has 3 heterocycles. The van der Waals surface area contributed by atoms with Crippen molar-refractivity contribution in [2.75, 3.05) is 19.3 Å². The van der Waals surface area contributed by atoms with E-state index >= 15 is 0 Å². The number of nitrogens with zero attached hydrogens (tertiary/aromatic N) is 3. The fraction of sp³-hybridized carbons (Fsp3) is 0.556. The molecule has 3 rings (SSSR count). The molecule has 3 aliphatic heterocycles. The maximum atomic E-state index is 12.9. The summed E-state index contributed by atoms with van der Waals surface area (Å²) in [6.07, 6.45) is 14.0. The first-order valence-corrected chi connectivity index (χ1v) is 10.8. The molecule has 0 saturated carbocycles. The van der Waals surface area contributed by atoms with E-state index in [1.165, 1.54) is 0 Å². The van der Waals surface area contributed by atoms with Crippen molar-refractivity contribution in [1.29, 1.82) is 0 Å². The quantitative estimate of drug-likeness (QED) is 0.679. The molecule has 0 aromatic rings. The fourth-order valence-electron chi connectivity index (χ4n) is 4.17. The predicted molar refractivity (Wildman–Crippen MR) is 105 cm³/mol. The molecule has 9 heteroatoms. The number of allylic oxidation sites excluding steroid dienone is 4. The summed E-state index contributed by atoms with van der Waals surface area (Å²) < 4.78 is 25.3. The van der Waals surface area contributed by atoms with Crippen LogP contribution >= 0.6 is 12.4 Å². The van der Waals surface area contributed by atoms with Gasteiger partial charge in [0, 0.05) is 18.9 Å². The van der Waals surface area contributed by atoms with E-state index in [2.05, 4.69) is 0 Å². The van der Waals surface area contributed by atoms with E-state index in [9.17, 15) is 18.0 Å². The van der Waals surface area contributed by atoms with Crippen molar-refractivity contribution < 1.29 is 18.0 Å². The zero-order chi connectivity index (χ0) is 18.9. The molecule has 0 spiro atoms. The summed E-state index contributed by atoms with van der Waals surface area (Å²) >= 11 is 0. The summed E-state index contributed by atoms with van der Waals surface area (Å²) in [6.45, 7) is 2.61. The zero-order valence-corrected chi connectivity index (χ0v) is 17.2. The normalized spacial score (nSPS) is 27.0. The molecule has 2 amide bonds. The molecule has 2 fully saturated rings. The first-order valence-electron chi connectivity index (χ1n) is 8.94. The number of hydrogen-bond acceptors (Lipinski definition) is 5. The molecule has 0 aromatic carbocycles. The average molecular weight is 416 g/mol. The van der Waals surface area contributed by atoms with Gasteiger partial charge in [0.1, 0.15) is 6.54 Å². The molecular formula is C18H26ClN3O4S. The summed E-state index contributed by atoms with van der Waals surface area (Å²) in [6, 6.07) is -0.794. The molecule has 0 aromatic heterocycles. The van der Waals surface area contributed by atoms with Crippen molar-refractivity contribution in [3.05, 3.63) is 36.7 Å². The van der Waals surface area contributed by atoms with E-state index in [1.807, 2.05) is 43.6 Å². The molecule has 0 unspecified atom stereocenters. The van der Waals surface area contributed by atoms with E-state index in [4.69, 9.17) is 0 Å². The molecule has 27 heavy (non-hydrogen) atoms. The highest BCUT2D eigenvalue weighted by molar-refractivity contribution is 7.88. The molecule has 2 saturated heterocycles. The number of halogens is 1. The van der Waals surface area contributed by atoms with Crippen molar-refractivity contribution in [3.63, 3.8) is 0 Å². The lowest BCUT2D eigenvalue weighted by Crippen LogP contribution is -2.45. The van der Waals surface area contributed by atoms with Crippen LogP contribution in [0.4, 0.5) is 0 Å². The van der Waals surface area contributed by atoms with Crippen LogP contribution in [-0.2, 0) is 19.6 Å². The van der Waals surface area contributed by atoms with E-state index in [0.29, 0.717) is 19.4 Å². The molecule has 3 atom stereocenters. The Bertz CT molecular complexity index is 761.